The highest BCUT2D eigenvalue weighted by atomic mass is 16.5. The van der Waals surface area contributed by atoms with Gasteiger partial charge in [-0.1, -0.05) is 80.1 Å². The summed E-state index contributed by atoms with van der Waals surface area (Å²) < 4.78 is 5.88. The molecule has 0 bridgehead atoms. The molecule has 0 radical (unpaired) electrons. The molecule has 0 saturated carbocycles. The summed E-state index contributed by atoms with van der Waals surface area (Å²) in [6, 6.07) is 24.7. The predicted molar refractivity (Wildman–Crippen MR) is 140 cm³/mol. The molecule has 5 nitrogen and oxygen atoms in total. The van der Waals surface area contributed by atoms with Gasteiger partial charge in [0, 0.05) is 19.5 Å². The fraction of sp³-hybridized carbons (Fsp3) is 0.333. The van der Waals surface area contributed by atoms with E-state index in [1.54, 1.807) is 4.90 Å². The van der Waals surface area contributed by atoms with Crippen molar-refractivity contribution in [2.24, 2.45) is 0 Å². The summed E-state index contributed by atoms with van der Waals surface area (Å²) in [7, 11) is 0. The minimum atomic E-state index is -0.648. The molecule has 0 aliphatic carbocycles. The Morgan fingerprint density at radius 1 is 0.886 bits per heavy atom. The third kappa shape index (κ3) is 7.99. The fourth-order valence-electron chi connectivity index (χ4n) is 3.87. The number of ether oxygens (including phenoxy) is 1. The van der Waals surface area contributed by atoms with Gasteiger partial charge in [0.2, 0.25) is 5.91 Å². The van der Waals surface area contributed by atoms with Gasteiger partial charge < -0.3 is 15.0 Å². The van der Waals surface area contributed by atoms with Crippen LogP contribution in [0.5, 0.6) is 5.75 Å². The van der Waals surface area contributed by atoms with Crippen LogP contribution >= 0.6 is 0 Å². The van der Waals surface area contributed by atoms with E-state index in [1.807, 2.05) is 92.7 Å². The average molecular weight is 473 g/mol. The van der Waals surface area contributed by atoms with Crippen molar-refractivity contribution >= 4 is 11.8 Å². The van der Waals surface area contributed by atoms with Crippen LogP contribution in [0.3, 0.4) is 0 Å². The lowest BCUT2D eigenvalue weighted by Crippen LogP contribution is -2.51. The van der Waals surface area contributed by atoms with E-state index in [0.29, 0.717) is 25.3 Å². The molecule has 35 heavy (non-hydrogen) atoms. The molecule has 0 saturated heterocycles. The molecule has 0 spiro atoms. The number of amides is 2. The molecule has 1 N–H and O–H groups in total. The van der Waals surface area contributed by atoms with Gasteiger partial charge in [-0.25, -0.2) is 0 Å². The molecule has 5 heteroatoms. The van der Waals surface area contributed by atoms with Crippen LogP contribution in [0.4, 0.5) is 0 Å². The third-order valence-electron chi connectivity index (χ3n) is 6.14. The number of hydrogen-bond acceptors (Lipinski definition) is 3. The van der Waals surface area contributed by atoms with E-state index in [0.717, 1.165) is 29.5 Å². The molecule has 184 valence electrons. The Morgan fingerprint density at radius 3 is 2.17 bits per heavy atom. The quantitative estimate of drug-likeness (QED) is 0.367. The van der Waals surface area contributed by atoms with Crippen LogP contribution in [0, 0.1) is 13.8 Å². The zero-order valence-electron chi connectivity index (χ0n) is 21.0. The highest BCUT2D eigenvalue weighted by molar-refractivity contribution is 5.88. The van der Waals surface area contributed by atoms with Gasteiger partial charge >= 0.3 is 0 Å². The Bertz CT molecular complexity index is 1080. The summed E-state index contributed by atoms with van der Waals surface area (Å²) in [4.78, 5) is 28.6. The fourth-order valence-corrected chi connectivity index (χ4v) is 3.87. The van der Waals surface area contributed by atoms with Crippen molar-refractivity contribution < 1.29 is 14.3 Å². The number of benzene rings is 3. The second-order valence-electron chi connectivity index (χ2n) is 8.89. The summed E-state index contributed by atoms with van der Waals surface area (Å²) in [5.41, 5.74) is 4.24. The number of carbonyl (C=O) groups is 2. The first-order chi connectivity index (χ1) is 17.0. The zero-order chi connectivity index (χ0) is 25.0. The maximum Gasteiger partial charge on any atom is 0.261 e. The normalized spacial score (nSPS) is 11.5. The molecule has 3 rings (SSSR count). The van der Waals surface area contributed by atoms with E-state index < -0.39 is 6.04 Å². The van der Waals surface area contributed by atoms with Gasteiger partial charge in [0.05, 0.1) is 0 Å². The van der Waals surface area contributed by atoms with Crippen molar-refractivity contribution in [2.45, 2.75) is 52.6 Å². The zero-order valence-corrected chi connectivity index (χ0v) is 21.0. The topological polar surface area (TPSA) is 58.6 Å². The van der Waals surface area contributed by atoms with Crippen LogP contribution in [0.25, 0.3) is 0 Å². The molecule has 1 atom stereocenters. The molecule has 2 amide bonds. The molecule has 0 aromatic heterocycles. The van der Waals surface area contributed by atoms with Crippen LogP contribution in [0.2, 0.25) is 0 Å². The Kier molecular flexibility index (Phi) is 9.91. The van der Waals surface area contributed by atoms with Gasteiger partial charge in [-0.15, -0.1) is 0 Å². The van der Waals surface area contributed by atoms with Gasteiger partial charge in [0.25, 0.3) is 5.91 Å². The number of nitrogens with zero attached hydrogens (tertiary/aromatic N) is 1. The second-order valence-corrected chi connectivity index (χ2v) is 8.89. The number of unbranched alkanes of at least 4 members (excludes halogenated alkanes) is 1. The molecule has 3 aromatic carbocycles. The van der Waals surface area contributed by atoms with Crippen LogP contribution in [-0.4, -0.2) is 35.9 Å². The van der Waals surface area contributed by atoms with E-state index >= 15 is 0 Å². The van der Waals surface area contributed by atoms with Crippen LogP contribution in [-0.2, 0) is 22.6 Å². The summed E-state index contributed by atoms with van der Waals surface area (Å²) in [6.45, 7) is 6.92. The molecule has 3 aromatic rings. The number of aryl methyl sites for hydroxylation is 2. The van der Waals surface area contributed by atoms with E-state index in [4.69, 9.17) is 4.74 Å². The smallest absolute Gasteiger partial charge is 0.261 e. The largest absolute Gasteiger partial charge is 0.484 e. The summed E-state index contributed by atoms with van der Waals surface area (Å²) in [5, 5.41) is 3.04. The predicted octanol–water partition coefficient (Wildman–Crippen LogP) is 5.24. The van der Waals surface area contributed by atoms with Crippen molar-refractivity contribution in [3.05, 3.63) is 101 Å². The average Bonchev–Trinajstić information content (AvgIpc) is 2.88. The summed E-state index contributed by atoms with van der Waals surface area (Å²) in [6.07, 6.45) is 2.31. The summed E-state index contributed by atoms with van der Waals surface area (Å²) >= 11 is 0. The Morgan fingerprint density at radius 2 is 1.54 bits per heavy atom. The maximum absolute atomic E-state index is 13.6. The van der Waals surface area contributed by atoms with Gasteiger partial charge in [-0.05, 0) is 54.7 Å². The molecule has 0 unspecified atom stereocenters. The van der Waals surface area contributed by atoms with Crippen LogP contribution in [0.15, 0.2) is 78.9 Å². The molecular weight excluding hydrogens is 436 g/mol. The van der Waals surface area contributed by atoms with Crippen molar-refractivity contribution in [1.82, 2.24) is 10.2 Å². The van der Waals surface area contributed by atoms with Gasteiger partial charge in [-0.3, -0.25) is 9.59 Å². The Balaban J connectivity index is 1.86. The number of nitrogens with one attached hydrogen (secondary N) is 1. The first-order valence-electron chi connectivity index (χ1n) is 12.3. The molecule has 0 aliphatic rings. The monoisotopic (exact) mass is 472 g/mol. The first kappa shape index (κ1) is 26.0. The SMILES string of the molecule is CCCCNC(=O)[C@H](Cc1ccccc1)N(Cc1ccccc1)C(=O)COc1ccc(C)c(C)c1. The van der Waals surface area contributed by atoms with Crippen LogP contribution in [0.1, 0.15) is 42.0 Å². The van der Waals surface area contributed by atoms with Crippen LogP contribution < -0.4 is 10.1 Å². The van der Waals surface area contributed by atoms with E-state index in [9.17, 15) is 9.59 Å². The maximum atomic E-state index is 13.6. The van der Waals surface area contributed by atoms with E-state index in [1.165, 1.54) is 5.56 Å². The van der Waals surface area contributed by atoms with Crippen molar-refractivity contribution in [3.63, 3.8) is 0 Å². The molecule has 0 aliphatic heterocycles. The van der Waals surface area contributed by atoms with E-state index in [2.05, 4.69) is 12.2 Å². The van der Waals surface area contributed by atoms with E-state index in [-0.39, 0.29) is 18.4 Å². The lowest BCUT2D eigenvalue weighted by Gasteiger charge is -2.31. The first-order valence-corrected chi connectivity index (χ1v) is 12.3. The van der Waals surface area contributed by atoms with Gasteiger partial charge in [0.1, 0.15) is 11.8 Å². The van der Waals surface area contributed by atoms with Crippen molar-refractivity contribution in [3.8, 4) is 5.75 Å². The number of hydrogen-bond donors (Lipinski definition) is 1. The van der Waals surface area contributed by atoms with Gasteiger partial charge in [0.15, 0.2) is 6.61 Å². The standard InChI is InChI=1S/C30H36N2O3/c1-4-5-18-31-30(34)28(20-25-12-8-6-9-13-25)32(21-26-14-10-7-11-15-26)29(33)22-35-27-17-16-23(2)24(3)19-27/h6-17,19,28H,4-5,18,20-22H2,1-3H3,(H,31,34)/t28-/m0/s1. The second kappa shape index (κ2) is 13.3. The highest BCUT2D eigenvalue weighted by Gasteiger charge is 2.30. The lowest BCUT2D eigenvalue weighted by molar-refractivity contribution is -0.142. The minimum absolute atomic E-state index is 0.136. The van der Waals surface area contributed by atoms with Crippen molar-refractivity contribution in [2.75, 3.05) is 13.2 Å². The number of rotatable bonds is 12. The Labute approximate surface area is 209 Å². The molecule has 0 fully saturated rings. The third-order valence-corrected chi connectivity index (χ3v) is 6.14. The summed E-state index contributed by atoms with van der Waals surface area (Å²) in [5.74, 6) is 0.282. The lowest BCUT2D eigenvalue weighted by atomic mass is 10.0. The Hall–Kier alpha value is -3.60. The molecule has 0 heterocycles. The van der Waals surface area contributed by atoms with Crippen molar-refractivity contribution in [1.29, 1.82) is 0 Å². The molecular formula is C30H36N2O3. The number of carbonyl (C=O) groups excluding carboxylic acids is 2. The van der Waals surface area contributed by atoms with Gasteiger partial charge in [-0.2, -0.15) is 0 Å². The highest BCUT2D eigenvalue weighted by Crippen LogP contribution is 2.18. The minimum Gasteiger partial charge on any atom is -0.484 e.